The molecule has 0 bridgehead atoms. The van der Waals surface area contributed by atoms with E-state index in [1.54, 1.807) is 30.6 Å². The molecule has 0 unspecified atom stereocenters. The molecule has 7 nitrogen and oxygen atoms in total. The van der Waals surface area contributed by atoms with Crippen molar-refractivity contribution in [3.63, 3.8) is 0 Å². The van der Waals surface area contributed by atoms with Crippen LogP contribution in [-0.4, -0.2) is 47.9 Å². The number of ether oxygens (including phenoxy) is 1. The zero-order valence-corrected chi connectivity index (χ0v) is 19.2. The second-order valence-electron chi connectivity index (χ2n) is 7.86. The van der Waals surface area contributed by atoms with Crippen LogP contribution in [0.3, 0.4) is 0 Å². The number of aromatic nitrogens is 1. The van der Waals surface area contributed by atoms with Gasteiger partial charge in [0.1, 0.15) is 5.01 Å². The number of para-hydroxylation sites is 2. The predicted octanol–water partition coefficient (Wildman–Crippen LogP) is 4.85. The number of benzene rings is 3. The summed E-state index contributed by atoms with van der Waals surface area (Å²) in [5.41, 5.74) is 3.20. The highest BCUT2D eigenvalue weighted by molar-refractivity contribution is 7.21. The Kier molecular flexibility index (Phi) is 5.91. The van der Waals surface area contributed by atoms with E-state index in [0.717, 1.165) is 20.8 Å². The zero-order valence-electron chi connectivity index (χ0n) is 18.4. The van der Waals surface area contributed by atoms with Crippen molar-refractivity contribution >= 4 is 45.0 Å². The molecule has 0 radical (unpaired) electrons. The van der Waals surface area contributed by atoms with Crippen LogP contribution >= 0.6 is 11.3 Å². The number of hydrogen-bond acceptors (Lipinski definition) is 6. The highest BCUT2D eigenvalue weighted by atomic mass is 32.1. The van der Waals surface area contributed by atoms with Gasteiger partial charge in [0, 0.05) is 31.4 Å². The molecule has 170 valence electrons. The molecule has 0 fully saturated rings. The number of thiazole rings is 1. The van der Waals surface area contributed by atoms with E-state index in [0.29, 0.717) is 29.8 Å². The maximum atomic E-state index is 13.1. The Labute approximate surface area is 200 Å². The third-order valence-corrected chi connectivity index (χ3v) is 6.73. The molecular weight excluding hydrogens is 450 g/mol. The third-order valence-electron chi connectivity index (χ3n) is 5.66. The molecule has 0 saturated carbocycles. The summed E-state index contributed by atoms with van der Waals surface area (Å²) in [6.07, 6.45) is 0.553. The van der Waals surface area contributed by atoms with Gasteiger partial charge in [0.05, 0.1) is 27.0 Å². The van der Waals surface area contributed by atoms with Gasteiger partial charge in [0.2, 0.25) is 0 Å². The molecule has 0 aliphatic carbocycles. The summed E-state index contributed by atoms with van der Waals surface area (Å²) >= 11 is 1.55. The standard InChI is InChI=1S/C26H21N3O4S/c1-33-14-6-13-29-25(31)17-12-11-16(15-19(17)26(29)32)23(30)27-20-8-3-2-7-18(20)24-28-21-9-4-5-10-22(21)34-24/h2-5,7-12,15H,6,13-14H2,1H3,(H,27,30). The molecule has 5 rings (SSSR count). The quantitative estimate of drug-likeness (QED) is 0.308. The first kappa shape index (κ1) is 21.9. The first-order chi connectivity index (χ1) is 16.6. The van der Waals surface area contributed by atoms with Crippen molar-refractivity contribution in [3.8, 4) is 10.6 Å². The first-order valence-corrected chi connectivity index (χ1v) is 11.6. The fourth-order valence-electron chi connectivity index (χ4n) is 3.96. The number of methoxy groups -OCH3 is 1. The number of nitrogens with one attached hydrogen (secondary N) is 1. The summed E-state index contributed by atoms with van der Waals surface area (Å²) < 4.78 is 6.07. The van der Waals surface area contributed by atoms with Crippen LogP contribution < -0.4 is 5.32 Å². The topological polar surface area (TPSA) is 88.6 Å². The monoisotopic (exact) mass is 471 g/mol. The Bertz CT molecular complexity index is 1400. The number of imide groups is 1. The lowest BCUT2D eigenvalue weighted by molar-refractivity contribution is 0.0638. The van der Waals surface area contributed by atoms with Gasteiger partial charge in [0.15, 0.2) is 0 Å². The van der Waals surface area contributed by atoms with Crippen LogP contribution in [-0.2, 0) is 4.74 Å². The highest BCUT2D eigenvalue weighted by Crippen LogP contribution is 2.34. The number of rotatable bonds is 7. The Morgan fingerprint density at radius 1 is 0.971 bits per heavy atom. The van der Waals surface area contributed by atoms with Crippen LogP contribution in [0.2, 0.25) is 0 Å². The zero-order chi connectivity index (χ0) is 23.7. The lowest BCUT2D eigenvalue weighted by Crippen LogP contribution is -2.31. The molecular formula is C26H21N3O4S. The molecule has 0 atom stereocenters. The van der Waals surface area contributed by atoms with E-state index < -0.39 is 0 Å². The Balaban J connectivity index is 1.40. The number of hydrogen-bond donors (Lipinski definition) is 1. The summed E-state index contributed by atoms with van der Waals surface area (Å²) in [6, 6.07) is 19.9. The van der Waals surface area contributed by atoms with Crippen LogP contribution in [0.25, 0.3) is 20.8 Å². The highest BCUT2D eigenvalue weighted by Gasteiger charge is 2.35. The van der Waals surface area contributed by atoms with Crippen LogP contribution in [0.15, 0.2) is 66.7 Å². The maximum absolute atomic E-state index is 13.1. The van der Waals surface area contributed by atoms with Crippen molar-refractivity contribution in [2.75, 3.05) is 25.6 Å². The van der Waals surface area contributed by atoms with E-state index >= 15 is 0 Å². The lowest BCUT2D eigenvalue weighted by atomic mass is 10.0. The largest absolute Gasteiger partial charge is 0.385 e. The molecule has 1 aliphatic heterocycles. The van der Waals surface area contributed by atoms with Crippen molar-refractivity contribution in [2.45, 2.75) is 6.42 Å². The number of carbonyl (C=O) groups excluding carboxylic acids is 3. The van der Waals surface area contributed by atoms with Gasteiger partial charge in [0.25, 0.3) is 17.7 Å². The number of fused-ring (bicyclic) bond motifs is 2. The van der Waals surface area contributed by atoms with E-state index in [9.17, 15) is 14.4 Å². The summed E-state index contributed by atoms with van der Waals surface area (Å²) in [7, 11) is 1.57. The van der Waals surface area contributed by atoms with Crippen LogP contribution in [0.4, 0.5) is 5.69 Å². The van der Waals surface area contributed by atoms with Gasteiger partial charge in [-0.05, 0) is 48.9 Å². The Morgan fingerprint density at radius 3 is 2.56 bits per heavy atom. The van der Waals surface area contributed by atoms with E-state index in [4.69, 9.17) is 9.72 Å². The number of carbonyl (C=O) groups is 3. The summed E-state index contributed by atoms with van der Waals surface area (Å²) in [4.78, 5) is 44.4. The molecule has 1 N–H and O–H groups in total. The van der Waals surface area contributed by atoms with Gasteiger partial charge in [-0.2, -0.15) is 0 Å². The van der Waals surface area contributed by atoms with Gasteiger partial charge in [-0.15, -0.1) is 11.3 Å². The maximum Gasteiger partial charge on any atom is 0.261 e. The van der Waals surface area contributed by atoms with E-state index in [-0.39, 0.29) is 29.8 Å². The molecule has 0 saturated heterocycles. The van der Waals surface area contributed by atoms with Crippen molar-refractivity contribution in [1.29, 1.82) is 0 Å². The fourth-order valence-corrected chi connectivity index (χ4v) is 4.97. The van der Waals surface area contributed by atoms with Crippen molar-refractivity contribution in [1.82, 2.24) is 9.88 Å². The van der Waals surface area contributed by atoms with Gasteiger partial charge in [-0.25, -0.2) is 4.98 Å². The van der Waals surface area contributed by atoms with Crippen LogP contribution in [0, 0.1) is 0 Å². The van der Waals surface area contributed by atoms with Crippen molar-refractivity contribution < 1.29 is 19.1 Å². The first-order valence-electron chi connectivity index (χ1n) is 10.8. The minimum Gasteiger partial charge on any atom is -0.385 e. The molecule has 34 heavy (non-hydrogen) atoms. The second kappa shape index (κ2) is 9.17. The molecule has 2 heterocycles. The number of anilines is 1. The summed E-state index contributed by atoms with van der Waals surface area (Å²) in [5, 5.41) is 3.75. The fraction of sp³-hybridized carbons (Fsp3) is 0.154. The normalized spacial score (nSPS) is 12.9. The van der Waals surface area contributed by atoms with Gasteiger partial charge in [-0.3, -0.25) is 19.3 Å². The molecule has 3 aromatic carbocycles. The molecule has 1 aliphatic rings. The lowest BCUT2D eigenvalue weighted by Gasteiger charge is -2.12. The summed E-state index contributed by atoms with van der Waals surface area (Å²) in [6.45, 7) is 0.729. The Morgan fingerprint density at radius 2 is 1.74 bits per heavy atom. The molecule has 3 amide bonds. The van der Waals surface area contributed by atoms with Crippen LogP contribution in [0.5, 0.6) is 0 Å². The number of nitrogens with zero attached hydrogens (tertiary/aromatic N) is 2. The second-order valence-corrected chi connectivity index (χ2v) is 8.89. The molecule has 1 aromatic heterocycles. The average molecular weight is 472 g/mol. The van der Waals surface area contributed by atoms with Crippen LogP contribution in [0.1, 0.15) is 37.5 Å². The number of amides is 3. The third kappa shape index (κ3) is 3.98. The van der Waals surface area contributed by atoms with Crippen molar-refractivity contribution in [3.05, 3.63) is 83.4 Å². The van der Waals surface area contributed by atoms with Gasteiger partial charge < -0.3 is 10.1 Å². The van der Waals surface area contributed by atoms with E-state index in [1.807, 2.05) is 48.5 Å². The average Bonchev–Trinajstić information content (AvgIpc) is 3.39. The minimum atomic E-state index is -0.388. The summed E-state index contributed by atoms with van der Waals surface area (Å²) in [5.74, 6) is -1.10. The molecule has 4 aromatic rings. The predicted molar refractivity (Wildman–Crippen MR) is 131 cm³/mol. The Hall–Kier alpha value is -3.88. The smallest absolute Gasteiger partial charge is 0.261 e. The van der Waals surface area contributed by atoms with E-state index in [2.05, 4.69) is 5.32 Å². The minimum absolute atomic E-state index is 0.245. The van der Waals surface area contributed by atoms with Crippen molar-refractivity contribution in [2.24, 2.45) is 0 Å². The van der Waals surface area contributed by atoms with Gasteiger partial charge in [-0.1, -0.05) is 24.3 Å². The SMILES string of the molecule is COCCCN1C(=O)c2ccc(C(=O)Nc3ccccc3-c3nc4ccccc4s3)cc2C1=O. The molecule has 8 heteroatoms. The van der Waals surface area contributed by atoms with E-state index in [1.165, 1.54) is 11.0 Å². The molecule has 0 spiro atoms. The van der Waals surface area contributed by atoms with Gasteiger partial charge >= 0.3 is 0 Å².